The van der Waals surface area contributed by atoms with Crippen LogP contribution >= 0.6 is 0 Å². The summed E-state index contributed by atoms with van der Waals surface area (Å²) in [4.78, 5) is 2.60. The summed E-state index contributed by atoms with van der Waals surface area (Å²) in [6, 6.07) is 28.5. The van der Waals surface area contributed by atoms with E-state index in [-0.39, 0.29) is 10.8 Å². The van der Waals surface area contributed by atoms with Gasteiger partial charge in [0.1, 0.15) is 5.69 Å². The summed E-state index contributed by atoms with van der Waals surface area (Å²) in [5.41, 5.74) is 7.46. The number of nitrogens with zero attached hydrogens (tertiary/aromatic N) is 2. The van der Waals surface area contributed by atoms with E-state index in [4.69, 9.17) is 0 Å². The van der Waals surface area contributed by atoms with Crippen molar-refractivity contribution in [1.82, 2.24) is 4.48 Å². The fraction of sp³-hybridized carbons (Fsp3) is 0.409. The van der Waals surface area contributed by atoms with Crippen LogP contribution in [-0.4, -0.2) is 25.2 Å². The molecule has 3 aliphatic heterocycles. The van der Waals surface area contributed by atoms with Crippen molar-refractivity contribution in [2.45, 2.75) is 91.1 Å². The highest BCUT2D eigenvalue weighted by molar-refractivity contribution is 5.95. The molecule has 0 saturated carbocycles. The van der Waals surface area contributed by atoms with Gasteiger partial charge in [-0.1, -0.05) is 114 Å². The molecular formula is C44H53N2+. The Kier molecular flexibility index (Phi) is 7.59. The summed E-state index contributed by atoms with van der Waals surface area (Å²) in [7, 11) is 0. The maximum absolute atomic E-state index is 2.60. The lowest BCUT2D eigenvalue weighted by atomic mass is 9.78. The average molecular weight is 610 g/mol. The first kappa shape index (κ1) is 31.0. The zero-order valence-corrected chi connectivity index (χ0v) is 29.3. The molecule has 0 aromatic heterocycles. The molecule has 0 radical (unpaired) electrons. The van der Waals surface area contributed by atoms with Crippen LogP contribution in [0.15, 0.2) is 109 Å². The van der Waals surface area contributed by atoms with Gasteiger partial charge in [-0.3, -0.25) is 4.48 Å². The van der Waals surface area contributed by atoms with Crippen LogP contribution in [0, 0.1) is 11.8 Å². The topological polar surface area (TPSA) is 3.24 Å². The summed E-state index contributed by atoms with van der Waals surface area (Å²) in [5, 5.41) is 5.53. The van der Waals surface area contributed by atoms with Gasteiger partial charge in [-0.2, -0.15) is 0 Å². The first-order chi connectivity index (χ1) is 22.0. The standard InChI is InChI=1S/C44H53N2/c1-30(2)26-28-45-36-24-22-32-16-12-14-18-34(32)40(36)43(5,6)39(45)21-11-9-10-20-38-42-44(7,8)41-35-19-15-13-17-33(35)23-25-37(41)46(38,42)29-27-31(3)4/h9-25,30-31,38,42H,26-29H2,1-8H3/q+1. The highest BCUT2D eigenvalue weighted by Crippen LogP contribution is 2.65. The fourth-order valence-corrected chi connectivity index (χ4v) is 9.35. The van der Waals surface area contributed by atoms with Gasteiger partial charge in [0.25, 0.3) is 0 Å². The van der Waals surface area contributed by atoms with E-state index in [1.165, 1.54) is 57.9 Å². The van der Waals surface area contributed by atoms with Gasteiger partial charge in [0.05, 0.1) is 12.0 Å². The Labute approximate surface area is 277 Å². The summed E-state index contributed by atoms with van der Waals surface area (Å²) >= 11 is 0. The van der Waals surface area contributed by atoms with E-state index in [0.29, 0.717) is 23.9 Å². The maximum Gasteiger partial charge on any atom is 0.167 e. The summed E-state index contributed by atoms with van der Waals surface area (Å²) in [5.74, 6) is 1.37. The molecule has 3 unspecified atom stereocenters. The van der Waals surface area contributed by atoms with Gasteiger partial charge in [-0.05, 0) is 89.9 Å². The molecule has 3 atom stereocenters. The molecule has 2 heteroatoms. The molecule has 0 amide bonds. The average Bonchev–Trinajstić information content (AvgIpc) is 3.56. The van der Waals surface area contributed by atoms with E-state index >= 15 is 0 Å². The molecule has 4 aromatic carbocycles. The van der Waals surface area contributed by atoms with Crippen molar-refractivity contribution in [3.63, 3.8) is 0 Å². The Bertz CT molecular complexity index is 1880. The van der Waals surface area contributed by atoms with Crippen LogP contribution in [0.4, 0.5) is 11.4 Å². The van der Waals surface area contributed by atoms with Crippen LogP contribution in [0.1, 0.15) is 79.4 Å². The number of rotatable bonds is 9. The van der Waals surface area contributed by atoms with Gasteiger partial charge >= 0.3 is 0 Å². The quantitative estimate of drug-likeness (QED) is 0.104. The largest absolute Gasteiger partial charge is 0.344 e. The molecule has 2 nitrogen and oxygen atoms in total. The van der Waals surface area contributed by atoms with Gasteiger partial charge in [0, 0.05) is 35.0 Å². The third-order valence-electron chi connectivity index (χ3n) is 11.5. The molecule has 1 saturated heterocycles. The number of fused-ring (bicyclic) bond motifs is 8. The highest BCUT2D eigenvalue weighted by atomic mass is 15.6. The number of benzene rings is 4. The molecule has 7 rings (SSSR count). The second kappa shape index (κ2) is 11.3. The number of hydrogen-bond donors (Lipinski definition) is 0. The Hall–Kier alpha value is -3.62. The van der Waals surface area contributed by atoms with Gasteiger partial charge in [-0.15, -0.1) is 0 Å². The first-order valence-corrected chi connectivity index (χ1v) is 17.7. The number of anilines is 1. The second-order valence-electron chi connectivity index (χ2n) is 16.1. The number of allylic oxidation sites excluding steroid dienone is 5. The molecular weight excluding hydrogens is 556 g/mol. The minimum atomic E-state index is -0.0664. The van der Waals surface area contributed by atoms with Gasteiger partial charge < -0.3 is 4.90 Å². The Morgan fingerprint density at radius 2 is 1.35 bits per heavy atom. The predicted molar refractivity (Wildman–Crippen MR) is 201 cm³/mol. The van der Waals surface area contributed by atoms with E-state index in [0.717, 1.165) is 11.0 Å². The summed E-state index contributed by atoms with van der Waals surface area (Å²) < 4.78 is 1.12. The van der Waals surface area contributed by atoms with Crippen molar-refractivity contribution in [3.8, 4) is 0 Å². The summed E-state index contributed by atoms with van der Waals surface area (Å²) in [6.07, 6.45) is 14.3. The van der Waals surface area contributed by atoms with Crippen molar-refractivity contribution in [1.29, 1.82) is 0 Å². The highest BCUT2D eigenvalue weighted by Gasteiger charge is 2.77. The lowest BCUT2D eigenvalue weighted by Gasteiger charge is -2.27. The van der Waals surface area contributed by atoms with E-state index in [2.05, 4.69) is 163 Å². The normalized spacial score (nSPS) is 25.1. The minimum absolute atomic E-state index is 0.0664. The van der Waals surface area contributed by atoms with Crippen molar-refractivity contribution in [2.24, 2.45) is 11.8 Å². The van der Waals surface area contributed by atoms with Crippen LogP contribution in [-0.2, 0) is 10.8 Å². The van der Waals surface area contributed by atoms with Crippen molar-refractivity contribution in [2.75, 3.05) is 18.0 Å². The van der Waals surface area contributed by atoms with Crippen LogP contribution in [0.5, 0.6) is 0 Å². The van der Waals surface area contributed by atoms with Crippen LogP contribution < -0.4 is 9.38 Å². The zero-order valence-electron chi connectivity index (χ0n) is 29.3. The van der Waals surface area contributed by atoms with Crippen molar-refractivity contribution in [3.05, 3.63) is 120 Å². The maximum atomic E-state index is 2.60. The molecule has 1 fully saturated rings. The molecule has 0 aliphatic carbocycles. The molecule has 0 spiro atoms. The van der Waals surface area contributed by atoms with E-state index in [1.807, 2.05) is 0 Å². The number of quaternary nitrogens is 1. The van der Waals surface area contributed by atoms with Gasteiger partial charge in [-0.25, -0.2) is 0 Å². The predicted octanol–water partition coefficient (Wildman–Crippen LogP) is 11.2. The van der Waals surface area contributed by atoms with Gasteiger partial charge in [0.15, 0.2) is 12.1 Å². The van der Waals surface area contributed by atoms with Crippen LogP contribution in [0.25, 0.3) is 21.5 Å². The second-order valence-corrected chi connectivity index (χ2v) is 16.1. The van der Waals surface area contributed by atoms with Crippen molar-refractivity contribution >= 4 is 32.9 Å². The molecule has 0 N–H and O–H groups in total. The lowest BCUT2D eigenvalue weighted by molar-refractivity contribution is 0.404. The third kappa shape index (κ3) is 4.70. The Morgan fingerprint density at radius 1 is 0.717 bits per heavy atom. The van der Waals surface area contributed by atoms with Crippen LogP contribution in [0.3, 0.4) is 0 Å². The summed E-state index contributed by atoms with van der Waals surface area (Å²) in [6.45, 7) is 21.5. The van der Waals surface area contributed by atoms with Gasteiger partial charge in [0.2, 0.25) is 0 Å². The molecule has 4 aromatic rings. The molecule has 3 heterocycles. The molecule has 238 valence electrons. The van der Waals surface area contributed by atoms with Crippen molar-refractivity contribution < 1.29 is 0 Å². The molecule has 46 heavy (non-hydrogen) atoms. The molecule has 3 aliphatic rings. The Morgan fingerprint density at radius 3 is 2.02 bits per heavy atom. The molecule has 0 bridgehead atoms. The monoisotopic (exact) mass is 609 g/mol. The first-order valence-electron chi connectivity index (χ1n) is 17.7. The minimum Gasteiger partial charge on any atom is -0.344 e. The SMILES string of the molecule is CC(C)CCN1C(=CC=CC=CC2C3C(C)(C)c4c(ccc5ccccc45)[N+]23CCC(C)C)C(C)(C)c2c1ccc1ccccc21. The Balaban J connectivity index is 1.20. The van der Waals surface area contributed by atoms with E-state index in [9.17, 15) is 0 Å². The van der Waals surface area contributed by atoms with E-state index < -0.39 is 0 Å². The number of hydrogen-bond acceptors (Lipinski definition) is 1. The third-order valence-corrected chi connectivity index (χ3v) is 11.5. The zero-order chi connectivity index (χ0) is 32.4. The van der Waals surface area contributed by atoms with Crippen LogP contribution in [0.2, 0.25) is 0 Å². The smallest absolute Gasteiger partial charge is 0.167 e. The van der Waals surface area contributed by atoms with E-state index in [1.54, 1.807) is 11.3 Å². The lowest BCUT2D eigenvalue weighted by Crippen LogP contribution is -2.32. The fourth-order valence-electron chi connectivity index (χ4n) is 9.35.